The number of aliphatic imine (C=N–C) groups is 1. The van der Waals surface area contributed by atoms with Crippen LogP contribution in [0.4, 0.5) is 25.8 Å². The quantitative estimate of drug-likeness (QED) is 0.124. The van der Waals surface area contributed by atoms with Crippen molar-refractivity contribution in [3.05, 3.63) is 114 Å². The molecule has 10 nitrogen and oxygen atoms in total. The summed E-state index contributed by atoms with van der Waals surface area (Å²) in [6.07, 6.45) is 11.4. The number of amides is 1. The third kappa shape index (κ3) is 8.11. The van der Waals surface area contributed by atoms with E-state index in [9.17, 15) is 13.6 Å². The second-order valence-corrected chi connectivity index (χ2v) is 15.1. The molecule has 290 valence electrons. The minimum absolute atomic E-state index is 0.226. The Morgan fingerprint density at radius 3 is 2.50 bits per heavy atom. The van der Waals surface area contributed by atoms with Gasteiger partial charge in [0.05, 0.1) is 29.4 Å². The Hall–Kier alpha value is -5.75. The zero-order valence-electron chi connectivity index (χ0n) is 31.8. The van der Waals surface area contributed by atoms with Gasteiger partial charge in [-0.3, -0.25) is 9.20 Å². The van der Waals surface area contributed by atoms with Crippen molar-refractivity contribution in [3.63, 3.8) is 0 Å². The average molecular weight is 759 g/mol. The Labute approximate surface area is 326 Å². The summed E-state index contributed by atoms with van der Waals surface area (Å²) in [6, 6.07) is 23.1. The van der Waals surface area contributed by atoms with E-state index in [1.165, 1.54) is 51.3 Å². The summed E-state index contributed by atoms with van der Waals surface area (Å²) in [5.41, 5.74) is 5.22. The Bertz CT molecular complexity index is 2230. The molecule has 1 atom stereocenters. The Kier molecular flexibility index (Phi) is 11.0. The third-order valence-electron chi connectivity index (χ3n) is 10.7. The van der Waals surface area contributed by atoms with Gasteiger partial charge in [0.2, 0.25) is 0 Å². The van der Waals surface area contributed by atoms with Gasteiger partial charge < -0.3 is 30.5 Å². The van der Waals surface area contributed by atoms with Gasteiger partial charge in [0, 0.05) is 54.4 Å². The number of likely N-dealkylation sites (tertiary alicyclic amines) is 1. The van der Waals surface area contributed by atoms with Gasteiger partial charge in [-0.15, -0.1) is 0 Å². The summed E-state index contributed by atoms with van der Waals surface area (Å²) in [6.45, 7) is 9.39. The number of carbonyl (C=O) groups is 1. The van der Waals surface area contributed by atoms with Gasteiger partial charge in [-0.25, -0.2) is 18.8 Å². The normalized spacial score (nSPS) is 17.8. The first-order valence-corrected chi connectivity index (χ1v) is 19.7. The number of aromatic nitrogens is 2. The number of hydrogen-bond donors (Lipinski definition) is 3. The van der Waals surface area contributed by atoms with Gasteiger partial charge in [0.15, 0.2) is 6.29 Å². The van der Waals surface area contributed by atoms with Gasteiger partial charge in [0.25, 0.3) is 5.91 Å². The first kappa shape index (κ1) is 37.2. The number of ether oxygens (including phenoxy) is 1. The molecule has 0 spiro atoms. The van der Waals surface area contributed by atoms with Crippen molar-refractivity contribution < 1.29 is 18.3 Å². The second-order valence-electron chi connectivity index (χ2n) is 15.1. The van der Waals surface area contributed by atoms with Crippen molar-refractivity contribution in [3.8, 4) is 17.0 Å². The van der Waals surface area contributed by atoms with Crippen LogP contribution in [0.2, 0.25) is 0 Å². The van der Waals surface area contributed by atoms with Crippen LogP contribution in [-0.4, -0.2) is 71.5 Å². The number of rotatable bonds is 11. The standard InChI is InChI=1S/C44H48F2N8O2/c1-29(2)28-56-38-27-33(53-24-18-32(19-25-53)52-21-5-3-6-22-52)15-16-36(38)48-44-47-20-17-37(49-44)42-40(50-39-14-4-7-23-54(39)42)30-10-8-11-31(26-30)43(55)51-41-34(45)12-9-13-35(41)46/h4,7-17,20,23,26-27,29,32,44,48-49H,3,5-6,18-19,21-22,24-25,28H2,1-2H3,(H,51,55). The number of nitrogens with zero attached hydrogens (tertiary/aromatic N) is 5. The van der Waals surface area contributed by atoms with Crippen molar-refractivity contribution >= 4 is 40.5 Å². The van der Waals surface area contributed by atoms with E-state index in [2.05, 4.69) is 57.8 Å². The Morgan fingerprint density at radius 2 is 1.71 bits per heavy atom. The summed E-state index contributed by atoms with van der Waals surface area (Å²) >= 11 is 0. The number of pyridine rings is 1. The molecule has 3 N–H and O–H groups in total. The number of allylic oxidation sites excluding steroid dienone is 1. The predicted octanol–water partition coefficient (Wildman–Crippen LogP) is 8.43. The maximum atomic E-state index is 14.4. The molecule has 2 fully saturated rings. The van der Waals surface area contributed by atoms with Crippen LogP contribution in [0.3, 0.4) is 0 Å². The minimum Gasteiger partial charge on any atom is -0.491 e. The van der Waals surface area contributed by atoms with Crippen molar-refractivity contribution in [2.45, 2.75) is 58.3 Å². The highest BCUT2D eigenvalue weighted by atomic mass is 19.1. The molecule has 0 radical (unpaired) electrons. The molecular weight excluding hydrogens is 711 g/mol. The third-order valence-corrected chi connectivity index (χ3v) is 10.7. The van der Waals surface area contributed by atoms with Gasteiger partial charge in [-0.2, -0.15) is 0 Å². The van der Waals surface area contributed by atoms with E-state index in [1.807, 2.05) is 40.9 Å². The number of halogens is 2. The van der Waals surface area contributed by atoms with Crippen LogP contribution in [-0.2, 0) is 0 Å². The molecule has 0 bridgehead atoms. The highest BCUT2D eigenvalue weighted by Gasteiger charge is 2.27. The number of para-hydroxylation sites is 1. The van der Waals surface area contributed by atoms with Gasteiger partial charge in [0.1, 0.15) is 28.7 Å². The zero-order valence-corrected chi connectivity index (χ0v) is 31.8. The molecule has 5 aromatic rings. The van der Waals surface area contributed by atoms with Crippen molar-refractivity contribution in [1.82, 2.24) is 19.6 Å². The molecule has 2 aromatic heterocycles. The van der Waals surface area contributed by atoms with Crippen LogP contribution in [0.25, 0.3) is 22.6 Å². The Balaban J connectivity index is 1.02. The van der Waals surface area contributed by atoms with Crippen molar-refractivity contribution in [1.29, 1.82) is 0 Å². The first-order chi connectivity index (χ1) is 27.3. The van der Waals surface area contributed by atoms with Crippen LogP contribution in [0.5, 0.6) is 5.75 Å². The largest absolute Gasteiger partial charge is 0.491 e. The number of benzene rings is 3. The van der Waals surface area contributed by atoms with E-state index in [1.54, 1.807) is 24.4 Å². The lowest BCUT2D eigenvalue weighted by molar-refractivity contribution is 0.102. The minimum atomic E-state index is -0.852. The number of nitrogens with one attached hydrogen (secondary N) is 3. The summed E-state index contributed by atoms with van der Waals surface area (Å²) in [5.74, 6) is -1.21. The second kappa shape index (κ2) is 16.5. The number of piperidine rings is 2. The fraction of sp³-hybridized carbons (Fsp3) is 0.341. The van der Waals surface area contributed by atoms with E-state index >= 15 is 0 Å². The first-order valence-electron chi connectivity index (χ1n) is 19.7. The molecule has 1 unspecified atom stereocenters. The lowest BCUT2D eigenvalue weighted by Gasteiger charge is -2.41. The van der Waals surface area contributed by atoms with Crippen molar-refractivity contribution in [2.75, 3.05) is 48.3 Å². The van der Waals surface area contributed by atoms with Gasteiger partial charge in [-0.1, -0.05) is 44.5 Å². The lowest BCUT2D eigenvalue weighted by Crippen LogP contribution is -2.46. The number of anilines is 3. The summed E-state index contributed by atoms with van der Waals surface area (Å²) < 4.78 is 37.1. The number of hydrogen-bond acceptors (Lipinski definition) is 8. The maximum absolute atomic E-state index is 14.4. The van der Waals surface area contributed by atoms with Crippen LogP contribution < -0.4 is 25.6 Å². The van der Waals surface area contributed by atoms with E-state index in [-0.39, 0.29) is 5.56 Å². The molecule has 0 saturated carbocycles. The van der Waals surface area contributed by atoms with Crippen molar-refractivity contribution in [2.24, 2.45) is 10.9 Å². The maximum Gasteiger partial charge on any atom is 0.255 e. The fourth-order valence-electron chi connectivity index (χ4n) is 7.84. The molecule has 3 aromatic carbocycles. The molecule has 56 heavy (non-hydrogen) atoms. The number of carbonyl (C=O) groups excluding carboxylic acids is 1. The summed E-state index contributed by atoms with van der Waals surface area (Å²) in [7, 11) is 0. The molecule has 5 heterocycles. The lowest BCUT2D eigenvalue weighted by atomic mass is 9.99. The van der Waals surface area contributed by atoms with Crippen LogP contribution in [0.15, 0.2) is 96.1 Å². The predicted molar refractivity (Wildman–Crippen MR) is 219 cm³/mol. The monoisotopic (exact) mass is 758 g/mol. The number of fused-ring (bicyclic) bond motifs is 1. The fourth-order valence-corrected chi connectivity index (χ4v) is 7.84. The zero-order chi connectivity index (χ0) is 38.6. The van der Waals surface area contributed by atoms with Crippen LogP contribution in [0.1, 0.15) is 62.0 Å². The average Bonchev–Trinajstić information content (AvgIpc) is 3.62. The van der Waals surface area contributed by atoms with E-state index in [4.69, 9.17) is 14.7 Å². The summed E-state index contributed by atoms with van der Waals surface area (Å²) in [4.78, 5) is 28.1. The SMILES string of the molecule is CC(C)COc1cc(N2CCC(N3CCCCC3)CC2)ccc1NC1N=CC=C(c2c(-c3cccc(C(=O)Nc4c(F)cccc4F)c3)nc3ccccn23)N1. The number of imidazole rings is 1. The molecule has 1 amide bonds. The van der Waals surface area contributed by atoms with E-state index in [0.717, 1.165) is 53.7 Å². The Morgan fingerprint density at radius 1 is 0.929 bits per heavy atom. The highest BCUT2D eigenvalue weighted by molar-refractivity contribution is 6.05. The summed E-state index contributed by atoms with van der Waals surface area (Å²) in [5, 5.41) is 9.50. The molecule has 3 aliphatic rings. The molecule has 12 heteroatoms. The highest BCUT2D eigenvalue weighted by Crippen LogP contribution is 2.35. The van der Waals surface area contributed by atoms with E-state index in [0.29, 0.717) is 35.5 Å². The van der Waals surface area contributed by atoms with Gasteiger partial charge >= 0.3 is 0 Å². The topological polar surface area (TPSA) is 98.5 Å². The smallest absolute Gasteiger partial charge is 0.255 e. The van der Waals surface area contributed by atoms with Gasteiger partial charge in [-0.05, 0) is 99.3 Å². The molecule has 2 saturated heterocycles. The van der Waals surface area contributed by atoms with Crippen LogP contribution in [0, 0.1) is 17.6 Å². The van der Waals surface area contributed by atoms with Crippen LogP contribution >= 0.6 is 0 Å². The molecule has 8 rings (SSSR count). The molecule has 0 aliphatic carbocycles. The molecular formula is C44H48F2N8O2. The molecule has 3 aliphatic heterocycles. The van der Waals surface area contributed by atoms with E-state index < -0.39 is 29.5 Å².